The van der Waals surface area contributed by atoms with Crippen molar-refractivity contribution >= 4 is 23.9 Å². The van der Waals surface area contributed by atoms with E-state index in [2.05, 4.69) is 38.7 Å². The first kappa shape index (κ1) is 40.7. The lowest BCUT2D eigenvalue weighted by molar-refractivity contribution is -0.140. The van der Waals surface area contributed by atoms with Crippen LogP contribution in [0.15, 0.2) is 111 Å². The van der Waals surface area contributed by atoms with Gasteiger partial charge in [-0.05, 0) is 0 Å². The maximum atomic E-state index is 9.93. The number of hydrogen-bond acceptors (Lipinski definition) is 8. The Kier molecular flexibility index (Phi) is 39.7. The smallest absolute Gasteiger partial charge is 0.302 e. The minimum Gasteiger partial charge on any atom is -0.469 e. The lowest BCUT2D eigenvalue weighted by atomic mass is 10.4. The van der Waals surface area contributed by atoms with E-state index in [1.807, 2.05) is 72.8 Å². The molecule has 0 aliphatic rings. The van der Waals surface area contributed by atoms with E-state index in [0.29, 0.717) is 19.8 Å². The predicted octanol–water partition coefficient (Wildman–Crippen LogP) is 5.76. The fourth-order valence-corrected chi connectivity index (χ4v) is 1.30. The highest BCUT2D eigenvalue weighted by atomic mass is 16.5. The van der Waals surface area contributed by atoms with Crippen LogP contribution in [0.4, 0.5) is 0 Å². The van der Waals surface area contributed by atoms with E-state index in [0.717, 1.165) is 0 Å². The molecule has 0 fully saturated rings. The van der Waals surface area contributed by atoms with Gasteiger partial charge >= 0.3 is 23.9 Å². The largest absolute Gasteiger partial charge is 0.469 e. The normalized spacial score (nSPS) is 7.61. The van der Waals surface area contributed by atoms with E-state index >= 15 is 0 Å². The molecule has 0 bridgehead atoms. The summed E-state index contributed by atoms with van der Waals surface area (Å²) in [4.78, 5) is 39.4. The molecule has 0 amide bonds. The van der Waals surface area contributed by atoms with Gasteiger partial charge in [-0.2, -0.15) is 0 Å². The van der Waals surface area contributed by atoms with Crippen molar-refractivity contribution in [1.82, 2.24) is 0 Å². The van der Waals surface area contributed by atoms with Crippen LogP contribution in [-0.4, -0.2) is 50.8 Å². The van der Waals surface area contributed by atoms with Crippen LogP contribution in [0.25, 0.3) is 0 Å². The SMILES string of the molecule is C=CCOC(C)=O.C=CCOC(C)=O.C=CCOC(C)=O.COC(C)=O.c1ccccc1.c1ccccc1. The summed E-state index contributed by atoms with van der Waals surface area (Å²) in [6, 6.07) is 24.0. The standard InChI is InChI=1S/2C6H6.3C5H8O2.C3H6O2/c2*1-2-4-6-5-3-1;3*1-3-4-7-5(2)6;1-3(4)5-2/h2*1-6H;3*3H,1,4H2,2H3;1-2H3. The van der Waals surface area contributed by atoms with E-state index in [4.69, 9.17) is 0 Å². The summed E-state index contributed by atoms with van der Waals surface area (Å²) in [5, 5.41) is 0. The minimum atomic E-state index is -0.264. The quantitative estimate of drug-likeness (QED) is 0.264. The molecule has 210 valence electrons. The average Bonchev–Trinajstić information content (AvgIpc) is 2.93. The highest BCUT2D eigenvalue weighted by Crippen LogP contribution is 1.80. The van der Waals surface area contributed by atoms with Crippen LogP contribution in [-0.2, 0) is 38.1 Å². The van der Waals surface area contributed by atoms with Gasteiger partial charge in [0.1, 0.15) is 19.8 Å². The highest BCUT2D eigenvalue weighted by molar-refractivity contribution is 5.66. The number of ether oxygens (including phenoxy) is 4. The lowest BCUT2D eigenvalue weighted by Gasteiger charge is -1.90. The zero-order chi connectivity index (χ0) is 29.9. The third-order valence-corrected chi connectivity index (χ3v) is 2.83. The van der Waals surface area contributed by atoms with Gasteiger partial charge < -0.3 is 18.9 Å². The molecule has 2 aromatic rings. The molecule has 8 heteroatoms. The summed E-state index contributed by atoms with van der Waals surface area (Å²) < 4.78 is 17.4. The van der Waals surface area contributed by atoms with Crippen molar-refractivity contribution in [2.75, 3.05) is 26.9 Å². The van der Waals surface area contributed by atoms with E-state index in [9.17, 15) is 19.2 Å². The molecule has 0 atom stereocenters. The third-order valence-electron chi connectivity index (χ3n) is 2.83. The number of benzene rings is 2. The monoisotopic (exact) mass is 530 g/mol. The molecule has 0 heterocycles. The molecular weight excluding hydrogens is 488 g/mol. The molecule has 0 spiro atoms. The molecule has 0 aromatic heterocycles. The van der Waals surface area contributed by atoms with Gasteiger partial charge in [0, 0.05) is 27.7 Å². The van der Waals surface area contributed by atoms with Gasteiger partial charge in [-0.25, -0.2) is 0 Å². The van der Waals surface area contributed by atoms with Crippen LogP contribution in [0.1, 0.15) is 27.7 Å². The van der Waals surface area contributed by atoms with Crippen molar-refractivity contribution in [3.63, 3.8) is 0 Å². The first-order valence-corrected chi connectivity index (χ1v) is 11.4. The zero-order valence-corrected chi connectivity index (χ0v) is 23.2. The van der Waals surface area contributed by atoms with Gasteiger partial charge in [0.05, 0.1) is 7.11 Å². The first-order valence-electron chi connectivity index (χ1n) is 11.4. The third kappa shape index (κ3) is 63.4. The number of methoxy groups -OCH3 is 1. The van der Waals surface area contributed by atoms with Gasteiger partial charge in [-0.3, -0.25) is 19.2 Å². The van der Waals surface area contributed by atoms with Crippen molar-refractivity contribution in [3.8, 4) is 0 Å². The Morgan fingerprint density at radius 2 is 0.632 bits per heavy atom. The maximum absolute atomic E-state index is 9.93. The fraction of sp³-hybridized carbons (Fsp3) is 0.267. The molecule has 0 aliphatic carbocycles. The van der Waals surface area contributed by atoms with Gasteiger partial charge in [0.2, 0.25) is 0 Å². The predicted molar refractivity (Wildman–Crippen MR) is 151 cm³/mol. The van der Waals surface area contributed by atoms with E-state index in [-0.39, 0.29) is 23.9 Å². The fourth-order valence-electron chi connectivity index (χ4n) is 1.30. The Bertz CT molecular complexity index is 697. The number of hydrogen-bond donors (Lipinski definition) is 0. The molecule has 0 saturated heterocycles. The second-order valence-electron chi connectivity index (χ2n) is 6.28. The minimum absolute atomic E-state index is 0.245. The molecule has 38 heavy (non-hydrogen) atoms. The molecule has 2 rings (SSSR count). The summed E-state index contributed by atoms with van der Waals surface area (Å²) >= 11 is 0. The van der Waals surface area contributed by atoms with Crippen molar-refractivity contribution < 1.29 is 38.1 Å². The van der Waals surface area contributed by atoms with E-state index < -0.39 is 0 Å². The molecule has 0 aliphatic heterocycles. The van der Waals surface area contributed by atoms with E-state index in [1.165, 1.54) is 53.0 Å². The van der Waals surface area contributed by atoms with Crippen molar-refractivity contribution in [2.45, 2.75) is 27.7 Å². The maximum Gasteiger partial charge on any atom is 0.302 e. The Morgan fingerprint density at radius 1 is 0.474 bits per heavy atom. The molecule has 0 N–H and O–H groups in total. The zero-order valence-electron chi connectivity index (χ0n) is 23.2. The molecule has 0 radical (unpaired) electrons. The van der Waals surface area contributed by atoms with Crippen molar-refractivity contribution in [1.29, 1.82) is 0 Å². The first-order chi connectivity index (χ1) is 18.1. The Morgan fingerprint density at radius 3 is 0.684 bits per heavy atom. The van der Waals surface area contributed by atoms with Crippen molar-refractivity contribution in [2.24, 2.45) is 0 Å². The van der Waals surface area contributed by atoms with Crippen molar-refractivity contribution in [3.05, 3.63) is 111 Å². The average molecular weight is 531 g/mol. The summed E-state index contributed by atoms with van der Waals surface area (Å²) in [6.45, 7) is 16.5. The van der Waals surface area contributed by atoms with Crippen LogP contribution < -0.4 is 0 Å². The molecule has 0 saturated carbocycles. The topological polar surface area (TPSA) is 105 Å². The van der Waals surface area contributed by atoms with Crippen LogP contribution in [0.3, 0.4) is 0 Å². The van der Waals surface area contributed by atoms with Gasteiger partial charge in [-0.15, -0.1) is 0 Å². The summed E-state index contributed by atoms with van der Waals surface area (Å²) in [7, 11) is 1.35. The number of esters is 4. The Labute approximate surface area is 227 Å². The van der Waals surface area contributed by atoms with Crippen LogP contribution in [0, 0.1) is 0 Å². The Balaban J connectivity index is -0.000000183. The number of rotatable bonds is 6. The second-order valence-corrected chi connectivity index (χ2v) is 6.28. The van der Waals surface area contributed by atoms with Gasteiger partial charge in [0.25, 0.3) is 0 Å². The summed E-state index contributed by atoms with van der Waals surface area (Å²) in [5.41, 5.74) is 0. The molecule has 2 aromatic carbocycles. The van der Waals surface area contributed by atoms with Gasteiger partial charge in [0.15, 0.2) is 0 Å². The number of carbonyl (C=O) groups excluding carboxylic acids is 4. The van der Waals surface area contributed by atoms with Gasteiger partial charge in [-0.1, -0.05) is 111 Å². The van der Waals surface area contributed by atoms with Crippen LogP contribution >= 0.6 is 0 Å². The Hall–Kier alpha value is -4.46. The second kappa shape index (κ2) is 37.1. The van der Waals surface area contributed by atoms with Crippen LogP contribution in [0.5, 0.6) is 0 Å². The van der Waals surface area contributed by atoms with Crippen LogP contribution in [0.2, 0.25) is 0 Å². The van der Waals surface area contributed by atoms with E-state index in [1.54, 1.807) is 0 Å². The molecule has 8 nitrogen and oxygen atoms in total. The molecular formula is C30H42O8. The highest BCUT2D eigenvalue weighted by Gasteiger charge is 1.84. The lowest BCUT2D eigenvalue weighted by Crippen LogP contribution is -1.96. The molecule has 0 unspecified atom stereocenters. The summed E-state index contributed by atoms with van der Waals surface area (Å²) in [5.74, 6) is -1.04. The number of carbonyl (C=O) groups is 4. The summed E-state index contributed by atoms with van der Waals surface area (Å²) in [6.07, 6.45) is 4.59.